The summed E-state index contributed by atoms with van der Waals surface area (Å²) in [5.41, 5.74) is 0. The van der Waals surface area contributed by atoms with Crippen molar-refractivity contribution in [1.82, 2.24) is 14.9 Å². The first-order valence-electron chi connectivity index (χ1n) is 7.26. The van der Waals surface area contributed by atoms with E-state index in [1.807, 2.05) is 0 Å². The average molecular weight is 314 g/mol. The highest BCUT2D eigenvalue weighted by Gasteiger charge is 2.41. The lowest BCUT2D eigenvalue weighted by Crippen LogP contribution is -2.43. The molecule has 1 amide bonds. The van der Waals surface area contributed by atoms with Crippen LogP contribution in [0.1, 0.15) is 31.0 Å². The van der Waals surface area contributed by atoms with Gasteiger partial charge in [0, 0.05) is 25.7 Å². The predicted octanol–water partition coefficient (Wildman–Crippen LogP) is 1.95. The summed E-state index contributed by atoms with van der Waals surface area (Å²) in [6.45, 7) is -1.07. The lowest BCUT2D eigenvalue weighted by atomic mass is 10.2. The molecule has 0 spiro atoms. The molecule has 0 bridgehead atoms. The number of likely N-dealkylation sites (tertiary alicyclic amines) is 1. The molecule has 2 aliphatic rings. The van der Waals surface area contributed by atoms with E-state index in [1.54, 1.807) is 24.2 Å². The predicted molar refractivity (Wildman–Crippen MR) is 73.5 cm³/mol. The summed E-state index contributed by atoms with van der Waals surface area (Å²) in [7, 11) is 1.69. The van der Waals surface area contributed by atoms with Crippen molar-refractivity contribution >= 4 is 11.7 Å². The quantitative estimate of drug-likeness (QED) is 0.852. The van der Waals surface area contributed by atoms with Gasteiger partial charge in [-0.2, -0.15) is 13.2 Å². The molecule has 0 aromatic carbocycles. The van der Waals surface area contributed by atoms with Crippen LogP contribution >= 0.6 is 0 Å². The maximum absolute atomic E-state index is 12.5. The number of rotatable bonds is 4. The number of likely N-dealkylation sites (N-methyl/N-ethyl adjacent to an activating group) is 1. The molecule has 2 heterocycles. The molecular formula is C14H17F3N4O. The minimum atomic E-state index is -4.36. The zero-order valence-electron chi connectivity index (χ0n) is 12.2. The van der Waals surface area contributed by atoms with Crippen molar-refractivity contribution in [2.24, 2.45) is 0 Å². The minimum absolute atomic E-state index is 0.119. The molecule has 1 aliphatic heterocycles. The molecule has 1 atom stereocenters. The van der Waals surface area contributed by atoms with Gasteiger partial charge in [0.15, 0.2) is 0 Å². The molecule has 120 valence electrons. The number of hydrogen-bond donors (Lipinski definition) is 0. The standard InChI is InChI=1S/C14H17F3N4O/c1-20(11-4-6-18-12(19-11)9-2-3-9)10-5-7-21(13(10)22)8-14(15,16)17/h4,6,9-10H,2-3,5,7-8H2,1H3. The van der Waals surface area contributed by atoms with Crippen LogP contribution in [-0.2, 0) is 4.79 Å². The molecule has 1 aromatic heterocycles. The third-order valence-electron chi connectivity index (χ3n) is 4.07. The first kappa shape index (κ1) is 15.1. The summed E-state index contributed by atoms with van der Waals surface area (Å²) in [4.78, 5) is 23.3. The smallest absolute Gasteiger partial charge is 0.347 e. The Bertz CT molecular complexity index is 573. The first-order chi connectivity index (χ1) is 10.3. The Balaban J connectivity index is 1.71. The van der Waals surface area contributed by atoms with Gasteiger partial charge in [-0.15, -0.1) is 0 Å². The van der Waals surface area contributed by atoms with Crippen LogP contribution in [0.25, 0.3) is 0 Å². The molecule has 0 radical (unpaired) electrons. The van der Waals surface area contributed by atoms with E-state index in [4.69, 9.17) is 0 Å². The van der Waals surface area contributed by atoms with Gasteiger partial charge in [-0.05, 0) is 25.3 Å². The van der Waals surface area contributed by atoms with E-state index < -0.39 is 24.7 Å². The van der Waals surface area contributed by atoms with Gasteiger partial charge in [0.1, 0.15) is 24.2 Å². The largest absolute Gasteiger partial charge is 0.406 e. The highest BCUT2D eigenvalue weighted by atomic mass is 19.4. The van der Waals surface area contributed by atoms with E-state index in [2.05, 4.69) is 9.97 Å². The maximum Gasteiger partial charge on any atom is 0.406 e. The summed E-state index contributed by atoms with van der Waals surface area (Å²) < 4.78 is 37.4. The zero-order chi connectivity index (χ0) is 15.9. The molecule has 0 N–H and O–H groups in total. The number of anilines is 1. The molecule has 1 saturated heterocycles. The fraction of sp³-hybridized carbons (Fsp3) is 0.643. The van der Waals surface area contributed by atoms with Crippen LogP contribution in [0, 0.1) is 0 Å². The van der Waals surface area contributed by atoms with Gasteiger partial charge in [0.25, 0.3) is 0 Å². The number of halogens is 3. The number of nitrogens with zero attached hydrogens (tertiary/aromatic N) is 4. The van der Waals surface area contributed by atoms with E-state index in [-0.39, 0.29) is 6.54 Å². The van der Waals surface area contributed by atoms with Crippen molar-refractivity contribution < 1.29 is 18.0 Å². The average Bonchev–Trinajstić information content (AvgIpc) is 3.24. The molecule has 1 aromatic rings. The molecule has 22 heavy (non-hydrogen) atoms. The Hall–Kier alpha value is -1.86. The van der Waals surface area contributed by atoms with Gasteiger partial charge in [-0.25, -0.2) is 9.97 Å². The second kappa shape index (κ2) is 5.40. The van der Waals surface area contributed by atoms with Gasteiger partial charge in [0.05, 0.1) is 0 Å². The van der Waals surface area contributed by atoms with Gasteiger partial charge in [-0.1, -0.05) is 0 Å². The lowest BCUT2D eigenvalue weighted by Gasteiger charge is -2.25. The molecule has 8 heteroatoms. The summed E-state index contributed by atoms with van der Waals surface area (Å²) in [5, 5.41) is 0. The molecule has 1 unspecified atom stereocenters. The Kier molecular flexibility index (Phi) is 3.70. The summed E-state index contributed by atoms with van der Waals surface area (Å²) in [6.07, 6.45) is -0.228. The number of hydrogen-bond acceptors (Lipinski definition) is 4. The topological polar surface area (TPSA) is 49.3 Å². The fourth-order valence-electron chi connectivity index (χ4n) is 2.71. The molecule has 1 saturated carbocycles. The fourth-order valence-corrected chi connectivity index (χ4v) is 2.71. The van der Waals surface area contributed by atoms with Crippen molar-refractivity contribution in [2.45, 2.75) is 37.4 Å². The van der Waals surface area contributed by atoms with Crippen molar-refractivity contribution in [3.63, 3.8) is 0 Å². The van der Waals surface area contributed by atoms with E-state index in [0.717, 1.165) is 23.6 Å². The number of carbonyl (C=O) groups is 1. The zero-order valence-corrected chi connectivity index (χ0v) is 12.2. The minimum Gasteiger partial charge on any atom is -0.347 e. The summed E-state index contributed by atoms with van der Waals surface area (Å²) >= 11 is 0. The van der Waals surface area contributed by atoms with E-state index in [0.29, 0.717) is 18.2 Å². The highest BCUT2D eigenvalue weighted by molar-refractivity contribution is 5.87. The third kappa shape index (κ3) is 3.15. The summed E-state index contributed by atoms with van der Waals surface area (Å²) in [6, 6.07) is 1.09. The van der Waals surface area contributed by atoms with Crippen molar-refractivity contribution in [3.05, 3.63) is 18.1 Å². The van der Waals surface area contributed by atoms with Crippen LogP contribution in [0.15, 0.2) is 12.3 Å². The van der Waals surface area contributed by atoms with Crippen LogP contribution in [0.4, 0.5) is 19.0 Å². The lowest BCUT2D eigenvalue weighted by molar-refractivity contribution is -0.157. The van der Waals surface area contributed by atoms with Crippen LogP contribution < -0.4 is 4.90 Å². The van der Waals surface area contributed by atoms with Crippen LogP contribution in [-0.4, -0.2) is 53.1 Å². The first-order valence-corrected chi connectivity index (χ1v) is 7.26. The van der Waals surface area contributed by atoms with E-state index in [9.17, 15) is 18.0 Å². The second-order valence-corrected chi connectivity index (χ2v) is 5.84. The van der Waals surface area contributed by atoms with E-state index >= 15 is 0 Å². The maximum atomic E-state index is 12.5. The van der Waals surface area contributed by atoms with Crippen molar-refractivity contribution in [3.8, 4) is 0 Å². The van der Waals surface area contributed by atoms with Gasteiger partial charge in [-0.3, -0.25) is 4.79 Å². The van der Waals surface area contributed by atoms with E-state index in [1.165, 1.54) is 0 Å². The normalized spacial score (nSPS) is 22.3. The van der Waals surface area contributed by atoms with Crippen molar-refractivity contribution in [1.29, 1.82) is 0 Å². The van der Waals surface area contributed by atoms with Crippen LogP contribution in [0.2, 0.25) is 0 Å². The van der Waals surface area contributed by atoms with Crippen LogP contribution in [0.5, 0.6) is 0 Å². The van der Waals surface area contributed by atoms with Gasteiger partial charge >= 0.3 is 6.18 Å². The summed E-state index contributed by atoms with van der Waals surface area (Å²) in [5.74, 6) is 1.23. The monoisotopic (exact) mass is 314 g/mol. The number of aromatic nitrogens is 2. The molecular weight excluding hydrogens is 297 g/mol. The highest BCUT2D eigenvalue weighted by Crippen LogP contribution is 2.38. The second-order valence-electron chi connectivity index (χ2n) is 5.84. The van der Waals surface area contributed by atoms with Crippen molar-refractivity contribution in [2.75, 3.05) is 25.0 Å². The SMILES string of the molecule is CN(c1ccnc(C2CC2)n1)C1CCN(CC(F)(F)F)C1=O. The number of alkyl halides is 3. The number of carbonyl (C=O) groups excluding carboxylic acids is 1. The molecule has 3 rings (SSSR count). The van der Waals surface area contributed by atoms with Crippen LogP contribution in [0.3, 0.4) is 0 Å². The van der Waals surface area contributed by atoms with Gasteiger partial charge < -0.3 is 9.80 Å². The third-order valence-corrected chi connectivity index (χ3v) is 4.07. The molecule has 2 fully saturated rings. The molecule has 1 aliphatic carbocycles. The number of amides is 1. The Morgan fingerprint density at radius 1 is 1.36 bits per heavy atom. The Morgan fingerprint density at radius 3 is 2.73 bits per heavy atom. The van der Waals surface area contributed by atoms with Gasteiger partial charge in [0.2, 0.25) is 5.91 Å². The Labute approximate surface area is 126 Å². The Morgan fingerprint density at radius 2 is 2.09 bits per heavy atom. The molecule has 5 nitrogen and oxygen atoms in total.